The number of hydrogen-bond donors (Lipinski definition) is 1. The molecule has 3 aromatic carbocycles. The second-order valence-corrected chi connectivity index (χ2v) is 7.39. The first-order valence-electron chi connectivity index (χ1n) is 9.66. The van der Waals surface area contributed by atoms with Gasteiger partial charge in [0.15, 0.2) is 18.2 Å². The van der Waals surface area contributed by atoms with Gasteiger partial charge in [-0.15, -0.1) is 0 Å². The van der Waals surface area contributed by atoms with Crippen molar-refractivity contribution in [1.29, 1.82) is 0 Å². The lowest BCUT2D eigenvalue weighted by atomic mass is 9.84. The molecule has 158 valence electrons. The molecule has 1 amide bonds. The van der Waals surface area contributed by atoms with Gasteiger partial charge in [-0.25, -0.2) is 4.79 Å². The summed E-state index contributed by atoms with van der Waals surface area (Å²) in [5.74, 6) is -1.96. The Labute approximate surface area is 188 Å². The van der Waals surface area contributed by atoms with Gasteiger partial charge < -0.3 is 10.1 Å². The predicted molar refractivity (Wildman–Crippen MR) is 120 cm³/mol. The SMILES string of the molecule is O=C(COC(=O)/C=C/c1ccccc1)Nc1cc2c(cc1Cl)C(=O)c1ccccc1C2=O. The predicted octanol–water partition coefficient (Wildman–Crippen LogP) is 4.31. The maximum Gasteiger partial charge on any atom is 0.331 e. The summed E-state index contributed by atoms with van der Waals surface area (Å²) in [5.41, 5.74) is 1.89. The van der Waals surface area contributed by atoms with Gasteiger partial charge in [-0.05, 0) is 23.8 Å². The number of rotatable bonds is 5. The summed E-state index contributed by atoms with van der Waals surface area (Å²) in [5, 5.41) is 2.60. The molecule has 0 spiro atoms. The first kappa shape index (κ1) is 21.2. The zero-order chi connectivity index (χ0) is 22.7. The number of ether oxygens (including phenoxy) is 1. The van der Waals surface area contributed by atoms with Crippen molar-refractivity contribution in [3.8, 4) is 0 Å². The fourth-order valence-electron chi connectivity index (χ4n) is 3.31. The van der Waals surface area contributed by atoms with Crippen molar-refractivity contribution in [1.82, 2.24) is 0 Å². The number of ketones is 2. The molecule has 0 heterocycles. The molecule has 3 aromatic rings. The number of anilines is 1. The summed E-state index contributed by atoms with van der Waals surface area (Å²) < 4.78 is 4.93. The van der Waals surface area contributed by atoms with Crippen molar-refractivity contribution in [3.05, 3.63) is 106 Å². The number of carbonyl (C=O) groups is 4. The first-order chi connectivity index (χ1) is 15.4. The van der Waals surface area contributed by atoms with Crippen LogP contribution in [0.3, 0.4) is 0 Å². The summed E-state index contributed by atoms with van der Waals surface area (Å²) in [7, 11) is 0. The number of fused-ring (bicyclic) bond motifs is 2. The van der Waals surface area contributed by atoms with E-state index in [-0.39, 0.29) is 33.4 Å². The van der Waals surface area contributed by atoms with Gasteiger partial charge in [0, 0.05) is 28.3 Å². The molecule has 0 bridgehead atoms. The minimum Gasteiger partial charge on any atom is -0.452 e. The minimum atomic E-state index is -0.682. The molecule has 1 aliphatic rings. The van der Waals surface area contributed by atoms with E-state index in [1.54, 1.807) is 30.3 Å². The van der Waals surface area contributed by atoms with Crippen LogP contribution in [0.4, 0.5) is 5.69 Å². The van der Waals surface area contributed by atoms with Crippen molar-refractivity contribution in [2.45, 2.75) is 0 Å². The van der Waals surface area contributed by atoms with Crippen LogP contribution >= 0.6 is 11.6 Å². The third kappa shape index (κ3) is 4.36. The summed E-state index contributed by atoms with van der Waals surface area (Å²) >= 11 is 6.23. The van der Waals surface area contributed by atoms with Crippen LogP contribution in [0.2, 0.25) is 5.02 Å². The summed E-state index contributed by atoms with van der Waals surface area (Å²) in [6.07, 6.45) is 2.79. The second-order valence-electron chi connectivity index (χ2n) is 6.98. The molecule has 32 heavy (non-hydrogen) atoms. The number of benzene rings is 3. The third-order valence-electron chi connectivity index (χ3n) is 4.84. The molecule has 6 nitrogen and oxygen atoms in total. The molecule has 4 rings (SSSR count). The van der Waals surface area contributed by atoms with Crippen LogP contribution in [0.25, 0.3) is 6.08 Å². The lowest BCUT2D eigenvalue weighted by Crippen LogP contribution is -2.23. The maximum atomic E-state index is 12.8. The van der Waals surface area contributed by atoms with Crippen LogP contribution < -0.4 is 5.32 Å². The minimum absolute atomic E-state index is 0.0907. The normalized spacial score (nSPS) is 12.3. The van der Waals surface area contributed by atoms with Crippen LogP contribution in [0.5, 0.6) is 0 Å². The number of hydrogen-bond acceptors (Lipinski definition) is 5. The molecule has 0 unspecified atom stereocenters. The average Bonchev–Trinajstić information content (AvgIpc) is 2.81. The number of halogens is 1. The number of nitrogens with one attached hydrogen (secondary N) is 1. The molecule has 1 aliphatic carbocycles. The molecular weight excluding hydrogens is 430 g/mol. The van der Waals surface area contributed by atoms with Crippen molar-refractivity contribution in [2.75, 3.05) is 11.9 Å². The Morgan fingerprint density at radius 3 is 2.09 bits per heavy atom. The summed E-state index contributed by atoms with van der Waals surface area (Å²) in [6, 6.07) is 18.4. The van der Waals surface area contributed by atoms with E-state index in [0.717, 1.165) is 5.56 Å². The van der Waals surface area contributed by atoms with Crippen LogP contribution in [-0.2, 0) is 14.3 Å². The van der Waals surface area contributed by atoms with E-state index in [1.807, 2.05) is 30.3 Å². The van der Waals surface area contributed by atoms with Gasteiger partial charge in [-0.1, -0.05) is 66.2 Å². The largest absolute Gasteiger partial charge is 0.452 e. The average molecular weight is 446 g/mol. The van der Waals surface area contributed by atoms with E-state index in [4.69, 9.17) is 16.3 Å². The molecule has 0 aliphatic heterocycles. The Morgan fingerprint density at radius 2 is 1.44 bits per heavy atom. The van der Waals surface area contributed by atoms with Gasteiger partial charge in [-0.3, -0.25) is 14.4 Å². The number of amides is 1. The molecule has 0 aromatic heterocycles. The Morgan fingerprint density at radius 1 is 0.844 bits per heavy atom. The highest BCUT2D eigenvalue weighted by molar-refractivity contribution is 6.36. The molecular formula is C25H16ClNO5. The molecule has 0 atom stereocenters. The highest BCUT2D eigenvalue weighted by atomic mass is 35.5. The van der Waals surface area contributed by atoms with E-state index in [2.05, 4.69) is 5.32 Å². The monoisotopic (exact) mass is 445 g/mol. The smallest absolute Gasteiger partial charge is 0.331 e. The molecule has 0 saturated heterocycles. The third-order valence-corrected chi connectivity index (χ3v) is 5.16. The molecule has 0 radical (unpaired) electrons. The maximum absolute atomic E-state index is 12.8. The van der Waals surface area contributed by atoms with Crippen LogP contribution in [0.15, 0.2) is 72.8 Å². The van der Waals surface area contributed by atoms with Crippen LogP contribution in [-0.4, -0.2) is 30.0 Å². The number of esters is 1. The number of carbonyl (C=O) groups excluding carboxylic acids is 4. The van der Waals surface area contributed by atoms with Gasteiger partial charge in [0.2, 0.25) is 0 Å². The quantitative estimate of drug-likeness (QED) is 0.365. The lowest BCUT2D eigenvalue weighted by Gasteiger charge is -2.19. The van der Waals surface area contributed by atoms with E-state index in [0.29, 0.717) is 11.1 Å². The summed E-state index contributed by atoms with van der Waals surface area (Å²) in [6.45, 7) is -0.541. The van der Waals surface area contributed by atoms with E-state index < -0.39 is 18.5 Å². The molecule has 0 fully saturated rings. The van der Waals surface area contributed by atoms with E-state index in [9.17, 15) is 19.2 Å². The first-order valence-corrected chi connectivity index (χ1v) is 10.0. The highest BCUT2D eigenvalue weighted by Gasteiger charge is 2.30. The van der Waals surface area contributed by atoms with Gasteiger partial charge in [0.1, 0.15) is 0 Å². The molecule has 0 saturated carbocycles. The Kier molecular flexibility index (Phi) is 5.96. The zero-order valence-corrected chi connectivity index (χ0v) is 17.4. The Bertz CT molecular complexity index is 1280. The van der Waals surface area contributed by atoms with Crippen molar-refractivity contribution < 1.29 is 23.9 Å². The van der Waals surface area contributed by atoms with E-state index >= 15 is 0 Å². The standard InChI is InChI=1S/C25H16ClNO5/c26-20-12-18-19(25(31)17-9-5-4-8-16(17)24(18)30)13-21(20)27-22(28)14-32-23(29)11-10-15-6-2-1-3-7-15/h1-13H,14H2,(H,27,28)/b11-10+. The molecule has 1 N–H and O–H groups in total. The summed E-state index contributed by atoms with van der Waals surface area (Å²) in [4.78, 5) is 49.6. The van der Waals surface area contributed by atoms with Crippen molar-refractivity contribution in [2.24, 2.45) is 0 Å². The lowest BCUT2D eigenvalue weighted by molar-refractivity contribution is -0.142. The molecule has 7 heteroatoms. The van der Waals surface area contributed by atoms with Crippen LogP contribution in [0.1, 0.15) is 37.4 Å². The Balaban J connectivity index is 1.44. The van der Waals surface area contributed by atoms with Crippen molar-refractivity contribution >= 4 is 46.8 Å². The topological polar surface area (TPSA) is 89.5 Å². The van der Waals surface area contributed by atoms with Crippen molar-refractivity contribution in [3.63, 3.8) is 0 Å². The second kappa shape index (κ2) is 8.99. The van der Waals surface area contributed by atoms with Gasteiger partial charge in [0.05, 0.1) is 10.7 Å². The zero-order valence-electron chi connectivity index (χ0n) is 16.6. The highest BCUT2D eigenvalue weighted by Crippen LogP contribution is 2.33. The van der Waals surface area contributed by atoms with Gasteiger partial charge >= 0.3 is 5.97 Å². The fraction of sp³-hybridized carbons (Fsp3) is 0.0400. The Hall–Kier alpha value is -4.03. The van der Waals surface area contributed by atoms with E-state index in [1.165, 1.54) is 18.2 Å². The van der Waals surface area contributed by atoms with Gasteiger partial charge in [0.25, 0.3) is 5.91 Å². The fourth-order valence-corrected chi connectivity index (χ4v) is 3.52. The van der Waals surface area contributed by atoms with Gasteiger partial charge in [-0.2, -0.15) is 0 Å². The van der Waals surface area contributed by atoms with Crippen LogP contribution in [0, 0.1) is 0 Å².